The van der Waals surface area contributed by atoms with Crippen molar-refractivity contribution in [2.75, 3.05) is 13.2 Å². The minimum Gasteiger partial charge on any atom is -0.465 e. The second-order valence-corrected chi connectivity index (χ2v) is 18.5. The number of benzene rings is 2. The number of aromatic nitrogens is 5. The summed E-state index contributed by atoms with van der Waals surface area (Å²) in [4.78, 5) is 30.4. The van der Waals surface area contributed by atoms with Gasteiger partial charge in [0.05, 0.1) is 11.6 Å². The number of nitrogens with one attached hydrogen (secondary N) is 1. The van der Waals surface area contributed by atoms with Crippen LogP contribution in [0.5, 0.6) is 11.5 Å². The van der Waals surface area contributed by atoms with E-state index in [0.717, 1.165) is 33.7 Å². The summed E-state index contributed by atoms with van der Waals surface area (Å²) in [5, 5.41) is 21.8. The van der Waals surface area contributed by atoms with Crippen molar-refractivity contribution >= 4 is 31.1 Å². The van der Waals surface area contributed by atoms with E-state index in [0.29, 0.717) is 62.2 Å². The predicted octanol–water partition coefficient (Wildman–Crippen LogP) is 5.75. The fourth-order valence-corrected chi connectivity index (χ4v) is 6.25. The van der Waals surface area contributed by atoms with Crippen LogP contribution in [0.4, 0.5) is 4.79 Å². The summed E-state index contributed by atoms with van der Waals surface area (Å²) in [6, 6.07) is 18.4. The van der Waals surface area contributed by atoms with Gasteiger partial charge in [0.1, 0.15) is 36.1 Å². The molecular formula is C34H39N7O5Si. The van der Waals surface area contributed by atoms with Crippen molar-refractivity contribution in [1.82, 2.24) is 34.8 Å². The molecule has 2 N–H and O–H groups in total. The molecule has 0 atom stereocenters. The summed E-state index contributed by atoms with van der Waals surface area (Å²) < 4.78 is 16.0. The van der Waals surface area contributed by atoms with Gasteiger partial charge in [-0.25, -0.2) is 14.5 Å². The van der Waals surface area contributed by atoms with E-state index in [2.05, 4.69) is 40.3 Å². The number of nitrogens with zero attached hydrogens (tertiary/aromatic N) is 6. The van der Waals surface area contributed by atoms with Crippen LogP contribution in [0.2, 0.25) is 25.7 Å². The maximum atomic E-state index is 12.7. The van der Waals surface area contributed by atoms with Crippen LogP contribution in [0.15, 0.2) is 73.2 Å². The summed E-state index contributed by atoms with van der Waals surface area (Å²) >= 11 is 0. The molecule has 0 bridgehead atoms. The number of rotatable bonds is 12. The summed E-state index contributed by atoms with van der Waals surface area (Å²) in [5.74, 6) is 0.974. The van der Waals surface area contributed by atoms with Crippen LogP contribution in [0, 0.1) is 0 Å². The Bertz CT molecular complexity index is 1880. The van der Waals surface area contributed by atoms with Crippen LogP contribution in [-0.4, -0.2) is 67.8 Å². The molecule has 244 valence electrons. The lowest BCUT2D eigenvalue weighted by Gasteiger charge is -2.26. The molecule has 0 saturated heterocycles. The first-order chi connectivity index (χ1) is 22.6. The number of hydrogen-bond donors (Lipinski definition) is 2. The van der Waals surface area contributed by atoms with E-state index in [1.807, 2.05) is 59.3 Å². The Morgan fingerprint density at radius 2 is 1.87 bits per heavy atom. The highest BCUT2D eigenvalue weighted by Gasteiger charge is 2.23. The third-order valence-corrected chi connectivity index (χ3v) is 9.79. The van der Waals surface area contributed by atoms with Crippen LogP contribution >= 0.6 is 0 Å². The molecule has 3 aromatic heterocycles. The Labute approximate surface area is 273 Å². The molecule has 1 aliphatic heterocycles. The zero-order chi connectivity index (χ0) is 33.0. The summed E-state index contributed by atoms with van der Waals surface area (Å²) in [5.41, 5.74) is 5.01. The Kier molecular flexibility index (Phi) is 9.36. The van der Waals surface area contributed by atoms with Crippen LogP contribution in [-0.2, 0) is 42.3 Å². The van der Waals surface area contributed by atoms with E-state index in [1.54, 1.807) is 18.5 Å². The minimum absolute atomic E-state index is 0.0162. The first kappa shape index (κ1) is 31.9. The fourth-order valence-electron chi connectivity index (χ4n) is 5.49. The fraction of sp³-hybridized carbons (Fsp3) is 0.324. The molecule has 47 heavy (non-hydrogen) atoms. The first-order valence-electron chi connectivity index (χ1n) is 15.7. The van der Waals surface area contributed by atoms with Crippen molar-refractivity contribution in [3.63, 3.8) is 0 Å². The molecule has 0 spiro atoms. The highest BCUT2D eigenvalue weighted by Crippen LogP contribution is 2.38. The van der Waals surface area contributed by atoms with Crippen LogP contribution < -0.4 is 10.1 Å². The maximum Gasteiger partial charge on any atom is 0.407 e. The topological polar surface area (TPSA) is 137 Å². The molecule has 2 amide bonds. The summed E-state index contributed by atoms with van der Waals surface area (Å²) in [6.45, 7) is 9.13. The number of carbonyl (C=O) groups is 2. The van der Waals surface area contributed by atoms with Gasteiger partial charge in [-0.15, -0.1) is 5.10 Å². The zero-order valence-corrected chi connectivity index (χ0v) is 27.8. The van der Waals surface area contributed by atoms with Gasteiger partial charge in [0, 0.05) is 52.3 Å². The summed E-state index contributed by atoms with van der Waals surface area (Å²) in [7, 11) is -1.27. The van der Waals surface area contributed by atoms with Gasteiger partial charge < -0.3 is 29.4 Å². The van der Waals surface area contributed by atoms with Crippen LogP contribution in [0.25, 0.3) is 22.3 Å². The standard InChI is InChI=1S/C34H39N7O5Si/c1-47(2,3)16-15-45-23-40-20-28(29-21-41(38-37-29)22-31(42)36-18-24-7-5-4-6-8-24)32-30(11-13-35-33(32)40)46-27-10-9-25-12-14-39(34(43)44)19-26(25)17-27/h4-11,13,17,20-21H,12,14-16,18-19,22-23H2,1-3H3,(H,36,42)(H,43,44). The molecule has 0 aliphatic carbocycles. The van der Waals surface area contributed by atoms with Crippen LogP contribution in [0.1, 0.15) is 16.7 Å². The molecule has 0 radical (unpaired) electrons. The normalized spacial score (nSPS) is 13.0. The number of fused-ring (bicyclic) bond motifs is 2. The monoisotopic (exact) mass is 653 g/mol. The van der Waals surface area contributed by atoms with E-state index in [9.17, 15) is 14.7 Å². The van der Waals surface area contributed by atoms with Gasteiger partial charge in [-0.05, 0) is 47.4 Å². The lowest BCUT2D eigenvalue weighted by Crippen LogP contribution is -2.34. The van der Waals surface area contributed by atoms with Gasteiger partial charge in [-0.1, -0.05) is 61.3 Å². The third kappa shape index (κ3) is 7.87. The molecule has 13 heteroatoms. The maximum absolute atomic E-state index is 12.7. The largest absolute Gasteiger partial charge is 0.465 e. The van der Waals surface area contributed by atoms with Gasteiger partial charge in [-0.3, -0.25) is 4.79 Å². The molecular weight excluding hydrogens is 615 g/mol. The van der Waals surface area contributed by atoms with Crippen molar-refractivity contribution in [2.24, 2.45) is 0 Å². The summed E-state index contributed by atoms with van der Waals surface area (Å²) in [6.07, 6.45) is 5.09. The van der Waals surface area contributed by atoms with Crippen molar-refractivity contribution in [3.8, 4) is 22.8 Å². The van der Waals surface area contributed by atoms with Crippen molar-refractivity contribution in [3.05, 3.63) is 89.9 Å². The molecule has 1 aliphatic rings. The Balaban J connectivity index is 1.27. The molecule has 2 aromatic carbocycles. The Morgan fingerprint density at radius 1 is 1.04 bits per heavy atom. The van der Waals surface area contributed by atoms with Gasteiger partial charge >= 0.3 is 6.09 Å². The van der Waals surface area contributed by atoms with Crippen molar-refractivity contribution < 1.29 is 24.2 Å². The van der Waals surface area contributed by atoms with E-state index < -0.39 is 14.2 Å². The molecule has 0 saturated carbocycles. The Hall–Kier alpha value is -5.01. The highest BCUT2D eigenvalue weighted by atomic mass is 28.3. The van der Waals surface area contributed by atoms with Gasteiger partial charge in [-0.2, -0.15) is 0 Å². The van der Waals surface area contributed by atoms with E-state index >= 15 is 0 Å². The van der Waals surface area contributed by atoms with Crippen molar-refractivity contribution in [1.29, 1.82) is 0 Å². The second-order valence-electron chi connectivity index (χ2n) is 12.9. The predicted molar refractivity (Wildman–Crippen MR) is 180 cm³/mol. The Morgan fingerprint density at radius 3 is 2.66 bits per heavy atom. The number of carbonyl (C=O) groups excluding carboxylic acids is 1. The van der Waals surface area contributed by atoms with Gasteiger partial charge in [0.15, 0.2) is 0 Å². The quantitative estimate of drug-likeness (QED) is 0.128. The molecule has 0 fully saturated rings. The average molecular weight is 654 g/mol. The molecule has 0 unspecified atom stereocenters. The van der Waals surface area contributed by atoms with E-state index in [4.69, 9.17) is 9.47 Å². The second kappa shape index (κ2) is 13.8. The average Bonchev–Trinajstić information content (AvgIpc) is 3.67. The SMILES string of the molecule is C[Si](C)(C)CCOCn1cc(-c2cn(CC(=O)NCc3ccccc3)nn2)c2c(Oc3ccc4c(c3)CN(C(=O)O)CC4)ccnc21. The number of amides is 2. The third-order valence-electron chi connectivity index (χ3n) is 8.09. The minimum atomic E-state index is -1.27. The number of hydrogen-bond acceptors (Lipinski definition) is 7. The van der Waals surface area contributed by atoms with Crippen LogP contribution in [0.3, 0.4) is 0 Å². The van der Waals surface area contributed by atoms with E-state index in [-0.39, 0.29) is 12.5 Å². The lowest BCUT2D eigenvalue weighted by molar-refractivity contribution is -0.122. The van der Waals surface area contributed by atoms with Gasteiger partial charge in [0.25, 0.3) is 0 Å². The van der Waals surface area contributed by atoms with Crippen molar-refractivity contribution in [2.45, 2.75) is 58.5 Å². The molecule has 12 nitrogen and oxygen atoms in total. The lowest BCUT2D eigenvalue weighted by atomic mass is 10.00. The smallest absolute Gasteiger partial charge is 0.407 e. The molecule has 5 aromatic rings. The zero-order valence-electron chi connectivity index (χ0n) is 26.8. The van der Waals surface area contributed by atoms with Gasteiger partial charge in [0.2, 0.25) is 5.91 Å². The number of carboxylic acid groups (broad SMARTS) is 1. The first-order valence-corrected chi connectivity index (χ1v) is 19.4. The van der Waals surface area contributed by atoms with E-state index in [1.165, 1.54) is 9.58 Å². The molecule has 6 rings (SSSR count). The number of ether oxygens (including phenoxy) is 2. The highest BCUT2D eigenvalue weighted by molar-refractivity contribution is 6.76. The molecule has 4 heterocycles. The number of pyridine rings is 1.